The number of carboxylic acid groups (broad SMARTS) is 1. The van der Waals surface area contributed by atoms with Gasteiger partial charge in [0.05, 0.1) is 5.92 Å². The maximum absolute atomic E-state index is 12.9. The van der Waals surface area contributed by atoms with E-state index in [9.17, 15) is 18.4 Å². The standard InChI is InChI=1S/C10H15F2NO3/c1-6(7(14)15)4-13(3)8(16)9(2)5-10(9,11)12/h6H,4-5H2,1-3H3,(H,14,15)/t6-,9-/m1/s1. The fourth-order valence-corrected chi connectivity index (χ4v) is 1.62. The Balaban J connectivity index is 2.60. The first-order chi connectivity index (χ1) is 7.12. The summed E-state index contributed by atoms with van der Waals surface area (Å²) in [6.07, 6.45) is -0.454. The molecule has 1 N–H and O–H groups in total. The number of hydrogen-bond acceptors (Lipinski definition) is 2. The second kappa shape index (κ2) is 3.68. The summed E-state index contributed by atoms with van der Waals surface area (Å²) in [6.45, 7) is 2.58. The van der Waals surface area contributed by atoms with E-state index < -0.39 is 35.6 Å². The number of carbonyl (C=O) groups excluding carboxylic acids is 1. The summed E-state index contributed by atoms with van der Waals surface area (Å²) in [7, 11) is 1.35. The zero-order valence-corrected chi connectivity index (χ0v) is 9.46. The molecule has 0 heterocycles. The Bertz CT molecular complexity index is 332. The van der Waals surface area contributed by atoms with Gasteiger partial charge >= 0.3 is 5.97 Å². The summed E-state index contributed by atoms with van der Waals surface area (Å²) in [5.41, 5.74) is -1.64. The monoisotopic (exact) mass is 235 g/mol. The van der Waals surface area contributed by atoms with Gasteiger partial charge in [0.15, 0.2) is 0 Å². The number of rotatable bonds is 4. The van der Waals surface area contributed by atoms with Crippen LogP contribution >= 0.6 is 0 Å². The average Bonchev–Trinajstić information content (AvgIpc) is 2.65. The van der Waals surface area contributed by atoms with Gasteiger partial charge in [0.1, 0.15) is 5.41 Å². The van der Waals surface area contributed by atoms with Crippen molar-refractivity contribution < 1.29 is 23.5 Å². The summed E-state index contributed by atoms with van der Waals surface area (Å²) in [6, 6.07) is 0. The van der Waals surface area contributed by atoms with E-state index in [2.05, 4.69) is 0 Å². The highest BCUT2D eigenvalue weighted by Gasteiger charge is 2.73. The molecule has 0 aliphatic heterocycles. The van der Waals surface area contributed by atoms with Crippen LogP contribution in [0.2, 0.25) is 0 Å². The number of halogens is 2. The number of carbonyl (C=O) groups is 2. The molecular formula is C10H15F2NO3. The average molecular weight is 235 g/mol. The summed E-state index contributed by atoms with van der Waals surface area (Å²) >= 11 is 0. The normalized spacial score (nSPS) is 28.3. The van der Waals surface area contributed by atoms with Gasteiger partial charge in [-0.2, -0.15) is 0 Å². The Labute approximate surface area is 92.2 Å². The largest absolute Gasteiger partial charge is 0.481 e. The van der Waals surface area contributed by atoms with Crippen LogP contribution in [-0.2, 0) is 9.59 Å². The number of amides is 1. The van der Waals surface area contributed by atoms with E-state index in [1.807, 2.05) is 0 Å². The molecule has 1 fully saturated rings. The molecule has 0 aromatic rings. The van der Waals surface area contributed by atoms with E-state index in [4.69, 9.17) is 5.11 Å². The van der Waals surface area contributed by atoms with Crippen LogP contribution in [0, 0.1) is 11.3 Å². The predicted octanol–water partition coefficient (Wildman–Crippen LogP) is 1.21. The number of aliphatic carboxylic acids is 1. The van der Waals surface area contributed by atoms with Crippen molar-refractivity contribution in [2.75, 3.05) is 13.6 Å². The molecule has 1 amide bonds. The third-order valence-electron chi connectivity index (χ3n) is 3.05. The molecule has 92 valence electrons. The van der Waals surface area contributed by atoms with Crippen molar-refractivity contribution in [1.29, 1.82) is 0 Å². The lowest BCUT2D eigenvalue weighted by molar-refractivity contribution is -0.144. The Morgan fingerprint density at radius 3 is 2.25 bits per heavy atom. The second-order valence-corrected chi connectivity index (χ2v) is 4.64. The molecule has 1 rings (SSSR count). The molecule has 16 heavy (non-hydrogen) atoms. The maximum Gasteiger partial charge on any atom is 0.308 e. The maximum atomic E-state index is 12.9. The quantitative estimate of drug-likeness (QED) is 0.796. The van der Waals surface area contributed by atoms with Crippen molar-refractivity contribution in [2.24, 2.45) is 11.3 Å². The van der Waals surface area contributed by atoms with Gasteiger partial charge in [-0.3, -0.25) is 9.59 Å². The minimum absolute atomic E-state index is 0.0557. The van der Waals surface area contributed by atoms with Crippen LogP contribution in [0.3, 0.4) is 0 Å². The first-order valence-corrected chi connectivity index (χ1v) is 4.98. The van der Waals surface area contributed by atoms with Crippen LogP contribution in [0.4, 0.5) is 8.78 Å². The van der Waals surface area contributed by atoms with Gasteiger partial charge in [-0.05, 0) is 6.92 Å². The van der Waals surface area contributed by atoms with Crippen molar-refractivity contribution in [3.63, 3.8) is 0 Å². The molecule has 1 aliphatic rings. The minimum atomic E-state index is -2.95. The van der Waals surface area contributed by atoms with E-state index in [0.717, 1.165) is 4.90 Å². The topological polar surface area (TPSA) is 57.6 Å². The molecule has 6 heteroatoms. The van der Waals surface area contributed by atoms with Crippen LogP contribution in [0.1, 0.15) is 20.3 Å². The lowest BCUT2D eigenvalue weighted by atomic mass is 10.1. The molecule has 1 saturated carbocycles. The van der Waals surface area contributed by atoms with Crippen molar-refractivity contribution in [3.8, 4) is 0 Å². The first kappa shape index (κ1) is 12.9. The predicted molar refractivity (Wildman–Crippen MR) is 52.1 cm³/mol. The SMILES string of the molecule is C[C@H](CN(C)C(=O)[C@@]1(C)CC1(F)F)C(=O)O. The van der Waals surface area contributed by atoms with Gasteiger partial charge in [0, 0.05) is 20.0 Å². The smallest absolute Gasteiger partial charge is 0.308 e. The fraction of sp³-hybridized carbons (Fsp3) is 0.800. The summed E-state index contributed by atoms with van der Waals surface area (Å²) in [4.78, 5) is 23.3. The first-order valence-electron chi connectivity index (χ1n) is 4.98. The van der Waals surface area contributed by atoms with Crippen molar-refractivity contribution in [2.45, 2.75) is 26.2 Å². The molecule has 0 aromatic carbocycles. The molecule has 0 unspecified atom stereocenters. The fourth-order valence-electron chi connectivity index (χ4n) is 1.62. The number of nitrogens with zero attached hydrogens (tertiary/aromatic N) is 1. The molecule has 0 bridgehead atoms. The van der Waals surface area contributed by atoms with Gasteiger partial charge in [0.2, 0.25) is 5.91 Å². The summed E-state index contributed by atoms with van der Waals surface area (Å²) in [5, 5.41) is 8.65. The Morgan fingerprint density at radius 2 is 1.94 bits per heavy atom. The van der Waals surface area contributed by atoms with Gasteiger partial charge in [-0.1, -0.05) is 6.92 Å². The van der Waals surface area contributed by atoms with Gasteiger partial charge in [-0.15, -0.1) is 0 Å². The summed E-state index contributed by atoms with van der Waals surface area (Å²) in [5.74, 6) is -5.45. The van der Waals surface area contributed by atoms with Crippen molar-refractivity contribution in [3.05, 3.63) is 0 Å². The summed E-state index contributed by atoms with van der Waals surface area (Å²) < 4.78 is 25.8. The molecule has 2 atom stereocenters. The van der Waals surface area contributed by atoms with Crippen LogP contribution < -0.4 is 0 Å². The van der Waals surface area contributed by atoms with Crippen molar-refractivity contribution in [1.82, 2.24) is 4.90 Å². The van der Waals surface area contributed by atoms with E-state index in [1.54, 1.807) is 0 Å². The van der Waals surface area contributed by atoms with E-state index >= 15 is 0 Å². The lowest BCUT2D eigenvalue weighted by Crippen LogP contribution is -2.39. The third kappa shape index (κ3) is 2.01. The Morgan fingerprint density at radius 1 is 1.50 bits per heavy atom. The van der Waals surface area contributed by atoms with Crippen LogP contribution in [0.25, 0.3) is 0 Å². The van der Waals surface area contributed by atoms with E-state index in [0.29, 0.717) is 0 Å². The Hall–Kier alpha value is -1.20. The number of hydrogen-bond donors (Lipinski definition) is 1. The van der Waals surface area contributed by atoms with E-state index in [-0.39, 0.29) is 6.54 Å². The molecule has 0 aromatic heterocycles. The molecule has 1 aliphatic carbocycles. The molecule has 0 saturated heterocycles. The zero-order valence-electron chi connectivity index (χ0n) is 9.46. The highest BCUT2D eigenvalue weighted by Crippen LogP contribution is 2.60. The minimum Gasteiger partial charge on any atom is -0.481 e. The van der Waals surface area contributed by atoms with Crippen LogP contribution in [0.15, 0.2) is 0 Å². The number of alkyl halides is 2. The Kier molecular flexibility index (Phi) is 2.96. The van der Waals surface area contributed by atoms with Gasteiger partial charge in [0.25, 0.3) is 5.92 Å². The molecule has 0 radical (unpaired) electrons. The van der Waals surface area contributed by atoms with Crippen LogP contribution in [-0.4, -0.2) is 41.4 Å². The molecule has 4 nitrogen and oxygen atoms in total. The molecule has 0 spiro atoms. The van der Waals surface area contributed by atoms with Crippen molar-refractivity contribution >= 4 is 11.9 Å². The lowest BCUT2D eigenvalue weighted by Gasteiger charge is -2.23. The highest BCUT2D eigenvalue weighted by molar-refractivity contribution is 5.87. The van der Waals surface area contributed by atoms with Gasteiger partial charge < -0.3 is 10.0 Å². The van der Waals surface area contributed by atoms with Crippen LogP contribution in [0.5, 0.6) is 0 Å². The third-order valence-corrected chi connectivity index (χ3v) is 3.05. The zero-order chi connectivity index (χ0) is 12.7. The van der Waals surface area contributed by atoms with E-state index in [1.165, 1.54) is 20.9 Å². The van der Waals surface area contributed by atoms with Gasteiger partial charge in [-0.25, -0.2) is 8.78 Å². The second-order valence-electron chi connectivity index (χ2n) is 4.64. The molecular weight excluding hydrogens is 220 g/mol. The number of carboxylic acids is 1. The highest BCUT2D eigenvalue weighted by atomic mass is 19.3.